The lowest BCUT2D eigenvalue weighted by Gasteiger charge is -2.13. The molecule has 86 valence electrons. The second-order valence-corrected chi connectivity index (χ2v) is 3.94. The molecule has 0 bridgehead atoms. The fraction of sp³-hybridized carbons (Fsp3) is 0.462. The largest absolute Gasteiger partial charge is 0.377 e. The number of aromatic nitrogens is 1. The van der Waals surface area contributed by atoms with Gasteiger partial charge in [0.1, 0.15) is 0 Å². The van der Waals surface area contributed by atoms with Crippen molar-refractivity contribution in [3.8, 4) is 0 Å². The maximum Gasteiger partial charge on any atom is 0.0650 e. The number of nitrogens with zero attached hydrogens (tertiary/aromatic N) is 1. The van der Waals surface area contributed by atoms with Crippen LogP contribution in [0.5, 0.6) is 0 Å². The minimum absolute atomic E-state index is 0.787. The molecule has 0 saturated heterocycles. The Kier molecular flexibility index (Phi) is 4.52. The summed E-state index contributed by atoms with van der Waals surface area (Å²) >= 11 is 0. The predicted octanol–water partition coefficient (Wildman–Crippen LogP) is 1.91. The molecule has 1 aliphatic heterocycles. The molecule has 0 unspecified atom stereocenters. The Morgan fingerprint density at radius 2 is 2.38 bits per heavy atom. The number of rotatable bonds is 5. The van der Waals surface area contributed by atoms with Crippen LogP contribution < -0.4 is 5.32 Å². The highest BCUT2D eigenvalue weighted by atomic mass is 16.5. The molecule has 16 heavy (non-hydrogen) atoms. The molecule has 0 aliphatic carbocycles. The van der Waals surface area contributed by atoms with Crippen LogP contribution in [-0.2, 0) is 11.3 Å². The van der Waals surface area contributed by atoms with E-state index in [1.807, 2.05) is 24.4 Å². The van der Waals surface area contributed by atoms with Gasteiger partial charge in [0.25, 0.3) is 0 Å². The Bertz CT molecular complexity index is 335. The topological polar surface area (TPSA) is 34.2 Å². The number of nitrogens with one attached hydrogen (secondary N) is 1. The van der Waals surface area contributed by atoms with E-state index in [2.05, 4.69) is 16.4 Å². The highest BCUT2D eigenvalue weighted by Gasteiger charge is 2.02. The van der Waals surface area contributed by atoms with E-state index in [4.69, 9.17) is 4.74 Å². The minimum atomic E-state index is 0.787. The minimum Gasteiger partial charge on any atom is -0.377 e. The molecule has 0 aromatic carbocycles. The molecule has 0 spiro atoms. The molecule has 1 aliphatic rings. The summed E-state index contributed by atoms with van der Waals surface area (Å²) in [6.07, 6.45) is 6.24. The summed E-state index contributed by atoms with van der Waals surface area (Å²) in [6.45, 7) is 3.54. The van der Waals surface area contributed by atoms with E-state index in [1.54, 1.807) is 0 Å². The molecule has 0 fully saturated rings. The molecular weight excluding hydrogens is 200 g/mol. The SMILES string of the molecule is C1=C(CCNCc2ccccn2)CCOC1. The van der Waals surface area contributed by atoms with Crippen molar-refractivity contribution >= 4 is 0 Å². The third kappa shape index (κ3) is 3.76. The molecule has 1 aromatic heterocycles. The summed E-state index contributed by atoms with van der Waals surface area (Å²) in [4.78, 5) is 4.27. The first-order valence-electron chi connectivity index (χ1n) is 5.81. The molecule has 1 aromatic rings. The quantitative estimate of drug-likeness (QED) is 0.605. The van der Waals surface area contributed by atoms with E-state index in [1.165, 1.54) is 5.57 Å². The molecular formula is C13H18N2O. The number of hydrogen-bond acceptors (Lipinski definition) is 3. The van der Waals surface area contributed by atoms with Gasteiger partial charge in [0.2, 0.25) is 0 Å². The Morgan fingerprint density at radius 1 is 1.38 bits per heavy atom. The molecule has 0 radical (unpaired) electrons. The Morgan fingerprint density at radius 3 is 3.12 bits per heavy atom. The first-order chi connectivity index (χ1) is 7.95. The van der Waals surface area contributed by atoms with Crippen LogP contribution in [0.4, 0.5) is 0 Å². The van der Waals surface area contributed by atoms with Crippen LogP contribution in [0.15, 0.2) is 36.0 Å². The highest BCUT2D eigenvalue weighted by Crippen LogP contribution is 2.10. The summed E-state index contributed by atoms with van der Waals surface area (Å²) in [5.41, 5.74) is 2.61. The monoisotopic (exact) mass is 218 g/mol. The number of pyridine rings is 1. The average Bonchev–Trinajstić information content (AvgIpc) is 2.37. The summed E-state index contributed by atoms with van der Waals surface area (Å²) in [7, 11) is 0. The zero-order valence-corrected chi connectivity index (χ0v) is 9.48. The summed E-state index contributed by atoms with van der Waals surface area (Å²) in [5, 5.41) is 3.40. The predicted molar refractivity (Wildman–Crippen MR) is 64.1 cm³/mol. The summed E-state index contributed by atoms with van der Waals surface area (Å²) in [5.74, 6) is 0. The zero-order valence-electron chi connectivity index (χ0n) is 9.48. The number of ether oxygens (including phenoxy) is 1. The van der Waals surface area contributed by atoms with Crippen LogP contribution in [0.25, 0.3) is 0 Å². The zero-order chi connectivity index (χ0) is 11.1. The van der Waals surface area contributed by atoms with Crippen LogP contribution in [0.3, 0.4) is 0 Å². The van der Waals surface area contributed by atoms with E-state index < -0.39 is 0 Å². The van der Waals surface area contributed by atoms with Crippen molar-refractivity contribution in [1.29, 1.82) is 0 Å². The van der Waals surface area contributed by atoms with Crippen LogP contribution >= 0.6 is 0 Å². The van der Waals surface area contributed by atoms with Gasteiger partial charge in [-0.25, -0.2) is 0 Å². The maximum absolute atomic E-state index is 5.27. The van der Waals surface area contributed by atoms with Gasteiger partial charge in [-0.3, -0.25) is 4.98 Å². The lowest BCUT2D eigenvalue weighted by molar-refractivity contribution is 0.153. The first-order valence-corrected chi connectivity index (χ1v) is 5.81. The van der Waals surface area contributed by atoms with Gasteiger partial charge in [-0.2, -0.15) is 0 Å². The fourth-order valence-corrected chi connectivity index (χ4v) is 1.76. The summed E-state index contributed by atoms with van der Waals surface area (Å²) < 4.78 is 5.27. The normalized spacial score (nSPS) is 15.9. The van der Waals surface area contributed by atoms with Crippen molar-refractivity contribution in [3.05, 3.63) is 41.7 Å². The van der Waals surface area contributed by atoms with E-state index in [0.717, 1.165) is 44.8 Å². The molecule has 0 amide bonds. The van der Waals surface area contributed by atoms with Gasteiger partial charge in [0.05, 0.1) is 18.9 Å². The third-order valence-electron chi connectivity index (χ3n) is 2.71. The molecule has 0 saturated carbocycles. The average molecular weight is 218 g/mol. The van der Waals surface area contributed by atoms with Crippen molar-refractivity contribution in [2.24, 2.45) is 0 Å². The van der Waals surface area contributed by atoms with E-state index in [0.29, 0.717) is 0 Å². The Hall–Kier alpha value is -1.19. The van der Waals surface area contributed by atoms with Crippen LogP contribution in [0.2, 0.25) is 0 Å². The van der Waals surface area contributed by atoms with Gasteiger partial charge in [-0.15, -0.1) is 0 Å². The van der Waals surface area contributed by atoms with Gasteiger partial charge < -0.3 is 10.1 Å². The highest BCUT2D eigenvalue weighted by molar-refractivity contribution is 5.05. The lowest BCUT2D eigenvalue weighted by Crippen LogP contribution is -2.17. The molecule has 2 heterocycles. The number of hydrogen-bond donors (Lipinski definition) is 1. The Balaban J connectivity index is 1.63. The molecule has 3 heteroatoms. The molecule has 2 rings (SSSR count). The van der Waals surface area contributed by atoms with Gasteiger partial charge in [0, 0.05) is 12.7 Å². The second kappa shape index (κ2) is 6.40. The molecule has 3 nitrogen and oxygen atoms in total. The van der Waals surface area contributed by atoms with Crippen molar-refractivity contribution in [2.45, 2.75) is 19.4 Å². The first kappa shape index (κ1) is 11.3. The van der Waals surface area contributed by atoms with Crippen LogP contribution in [-0.4, -0.2) is 24.7 Å². The standard InChI is InChI=1S/C13H18N2O/c1-2-7-15-13(3-1)11-14-8-4-12-5-9-16-10-6-12/h1-3,5,7,14H,4,6,8-11H2. The van der Waals surface area contributed by atoms with Crippen LogP contribution in [0, 0.1) is 0 Å². The molecule has 1 N–H and O–H groups in total. The lowest BCUT2D eigenvalue weighted by atomic mass is 10.1. The van der Waals surface area contributed by atoms with Gasteiger partial charge in [-0.05, 0) is 31.5 Å². The van der Waals surface area contributed by atoms with Gasteiger partial charge >= 0.3 is 0 Å². The van der Waals surface area contributed by atoms with Gasteiger partial charge in [0.15, 0.2) is 0 Å². The molecule has 0 atom stereocenters. The van der Waals surface area contributed by atoms with Crippen molar-refractivity contribution in [3.63, 3.8) is 0 Å². The van der Waals surface area contributed by atoms with Crippen molar-refractivity contribution in [2.75, 3.05) is 19.8 Å². The van der Waals surface area contributed by atoms with E-state index in [9.17, 15) is 0 Å². The fourth-order valence-electron chi connectivity index (χ4n) is 1.76. The van der Waals surface area contributed by atoms with E-state index in [-0.39, 0.29) is 0 Å². The smallest absolute Gasteiger partial charge is 0.0650 e. The second-order valence-electron chi connectivity index (χ2n) is 3.94. The van der Waals surface area contributed by atoms with Crippen molar-refractivity contribution in [1.82, 2.24) is 10.3 Å². The van der Waals surface area contributed by atoms with Crippen LogP contribution in [0.1, 0.15) is 18.5 Å². The van der Waals surface area contributed by atoms with E-state index >= 15 is 0 Å². The van der Waals surface area contributed by atoms with Gasteiger partial charge in [-0.1, -0.05) is 17.7 Å². The van der Waals surface area contributed by atoms with Crippen molar-refractivity contribution < 1.29 is 4.74 Å². The third-order valence-corrected chi connectivity index (χ3v) is 2.71. The summed E-state index contributed by atoms with van der Waals surface area (Å²) in [6, 6.07) is 6.00. The Labute approximate surface area is 96.5 Å². The maximum atomic E-state index is 5.27.